The van der Waals surface area contributed by atoms with Crippen LogP contribution in [0.3, 0.4) is 0 Å². The number of nitrogens with zero attached hydrogens (tertiary/aromatic N) is 3. The SMILES string of the molecule is CCCCc1noc(CN2CCOC(CC(=O)O)C2)n1. The van der Waals surface area contributed by atoms with Crippen molar-refractivity contribution in [3.05, 3.63) is 11.7 Å². The van der Waals surface area contributed by atoms with E-state index in [-0.39, 0.29) is 12.5 Å². The molecule has 2 rings (SSSR count). The largest absolute Gasteiger partial charge is 0.481 e. The summed E-state index contributed by atoms with van der Waals surface area (Å²) in [5.41, 5.74) is 0. The number of morpholine rings is 1. The molecule has 1 N–H and O–H groups in total. The smallest absolute Gasteiger partial charge is 0.306 e. The Bertz CT molecular complexity index is 435. The number of aliphatic carboxylic acids is 1. The first-order valence-corrected chi connectivity index (χ1v) is 7.04. The highest BCUT2D eigenvalue weighted by Crippen LogP contribution is 2.12. The normalized spacial score (nSPS) is 20.1. The van der Waals surface area contributed by atoms with Crippen molar-refractivity contribution in [3.8, 4) is 0 Å². The summed E-state index contributed by atoms with van der Waals surface area (Å²) in [5.74, 6) is 0.501. The van der Waals surface area contributed by atoms with E-state index < -0.39 is 5.97 Å². The average Bonchev–Trinajstić information content (AvgIpc) is 2.83. The molecule has 1 saturated heterocycles. The highest BCUT2D eigenvalue weighted by Gasteiger charge is 2.24. The highest BCUT2D eigenvalue weighted by molar-refractivity contribution is 5.67. The number of carboxylic acid groups (broad SMARTS) is 1. The third kappa shape index (κ3) is 4.57. The van der Waals surface area contributed by atoms with Crippen LogP contribution in [0.4, 0.5) is 0 Å². The van der Waals surface area contributed by atoms with Gasteiger partial charge in [0.05, 0.1) is 25.7 Å². The van der Waals surface area contributed by atoms with Crippen LogP contribution in [0.2, 0.25) is 0 Å². The maximum Gasteiger partial charge on any atom is 0.306 e. The molecular formula is C13H21N3O4. The zero-order valence-corrected chi connectivity index (χ0v) is 11.7. The molecule has 1 aromatic heterocycles. The van der Waals surface area contributed by atoms with Gasteiger partial charge in [0.15, 0.2) is 5.82 Å². The first-order valence-electron chi connectivity index (χ1n) is 7.04. The van der Waals surface area contributed by atoms with E-state index in [2.05, 4.69) is 22.0 Å². The second-order valence-electron chi connectivity index (χ2n) is 5.03. The molecular weight excluding hydrogens is 262 g/mol. The molecule has 0 aliphatic carbocycles. The van der Waals surface area contributed by atoms with E-state index in [9.17, 15) is 4.79 Å². The lowest BCUT2D eigenvalue weighted by Crippen LogP contribution is -2.42. The molecule has 1 aromatic rings. The summed E-state index contributed by atoms with van der Waals surface area (Å²) in [6.45, 7) is 4.55. The van der Waals surface area contributed by atoms with Crippen molar-refractivity contribution in [3.63, 3.8) is 0 Å². The van der Waals surface area contributed by atoms with Crippen molar-refractivity contribution in [1.29, 1.82) is 0 Å². The number of carboxylic acids is 1. The lowest BCUT2D eigenvalue weighted by molar-refractivity contribution is -0.142. The van der Waals surface area contributed by atoms with Gasteiger partial charge < -0.3 is 14.4 Å². The average molecular weight is 283 g/mol. The zero-order chi connectivity index (χ0) is 14.4. The molecule has 0 saturated carbocycles. The van der Waals surface area contributed by atoms with Gasteiger partial charge in [-0.3, -0.25) is 9.69 Å². The van der Waals surface area contributed by atoms with E-state index in [1.807, 2.05) is 0 Å². The highest BCUT2D eigenvalue weighted by atomic mass is 16.5. The molecule has 0 bridgehead atoms. The minimum absolute atomic E-state index is 0.0298. The maximum atomic E-state index is 10.7. The number of unbranched alkanes of at least 4 members (excludes halogenated alkanes) is 1. The van der Waals surface area contributed by atoms with Crippen LogP contribution < -0.4 is 0 Å². The number of ether oxygens (including phenoxy) is 1. The summed E-state index contributed by atoms with van der Waals surface area (Å²) >= 11 is 0. The molecule has 0 spiro atoms. The zero-order valence-electron chi connectivity index (χ0n) is 11.7. The third-order valence-corrected chi connectivity index (χ3v) is 3.25. The summed E-state index contributed by atoms with van der Waals surface area (Å²) in [4.78, 5) is 17.1. The number of hydrogen-bond acceptors (Lipinski definition) is 6. The Kier molecular flexibility index (Phi) is 5.49. The van der Waals surface area contributed by atoms with Gasteiger partial charge in [0, 0.05) is 19.5 Å². The lowest BCUT2D eigenvalue weighted by atomic mass is 10.2. The van der Waals surface area contributed by atoms with E-state index in [1.165, 1.54) is 0 Å². The topological polar surface area (TPSA) is 88.7 Å². The second kappa shape index (κ2) is 7.35. The molecule has 0 aromatic carbocycles. The maximum absolute atomic E-state index is 10.7. The van der Waals surface area contributed by atoms with Crippen LogP contribution in [0.5, 0.6) is 0 Å². The number of carbonyl (C=O) groups is 1. The van der Waals surface area contributed by atoms with Crippen molar-refractivity contribution in [2.45, 2.75) is 45.3 Å². The summed E-state index contributed by atoms with van der Waals surface area (Å²) in [6, 6.07) is 0. The van der Waals surface area contributed by atoms with Gasteiger partial charge in [0.2, 0.25) is 5.89 Å². The molecule has 1 fully saturated rings. The van der Waals surface area contributed by atoms with Crippen molar-refractivity contribution >= 4 is 5.97 Å². The Hall–Kier alpha value is -1.47. The third-order valence-electron chi connectivity index (χ3n) is 3.25. The molecule has 7 nitrogen and oxygen atoms in total. The van der Waals surface area contributed by atoms with Gasteiger partial charge in [-0.25, -0.2) is 0 Å². The molecule has 1 aliphatic rings. The summed E-state index contributed by atoms with van der Waals surface area (Å²) < 4.78 is 10.6. The summed E-state index contributed by atoms with van der Waals surface area (Å²) in [5, 5.41) is 12.7. The van der Waals surface area contributed by atoms with Crippen molar-refractivity contribution in [2.75, 3.05) is 19.7 Å². The molecule has 1 unspecified atom stereocenters. The van der Waals surface area contributed by atoms with E-state index in [0.717, 1.165) is 31.6 Å². The van der Waals surface area contributed by atoms with Crippen LogP contribution in [-0.2, 0) is 22.5 Å². The van der Waals surface area contributed by atoms with Gasteiger partial charge in [-0.05, 0) is 6.42 Å². The van der Waals surface area contributed by atoms with Crippen LogP contribution in [-0.4, -0.2) is 51.9 Å². The van der Waals surface area contributed by atoms with E-state index in [1.54, 1.807) is 0 Å². The fourth-order valence-corrected chi connectivity index (χ4v) is 2.22. The predicted molar refractivity (Wildman–Crippen MR) is 70.2 cm³/mol. The van der Waals surface area contributed by atoms with Gasteiger partial charge in [-0.1, -0.05) is 18.5 Å². The Morgan fingerprint density at radius 3 is 3.15 bits per heavy atom. The number of aromatic nitrogens is 2. The Morgan fingerprint density at radius 2 is 2.40 bits per heavy atom. The number of hydrogen-bond donors (Lipinski definition) is 1. The predicted octanol–water partition coefficient (Wildman–Crippen LogP) is 1.09. The van der Waals surface area contributed by atoms with Crippen LogP contribution in [0.15, 0.2) is 4.52 Å². The second-order valence-corrected chi connectivity index (χ2v) is 5.03. The van der Waals surface area contributed by atoms with Crippen molar-refractivity contribution in [2.24, 2.45) is 0 Å². The molecule has 1 atom stereocenters. The van der Waals surface area contributed by atoms with Gasteiger partial charge in [-0.15, -0.1) is 0 Å². The van der Waals surface area contributed by atoms with E-state index in [4.69, 9.17) is 14.4 Å². The molecule has 1 aliphatic heterocycles. The van der Waals surface area contributed by atoms with Crippen LogP contribution in [0.25, 0.3) is 0 Å². The summed E-state index contributed by atoms with van der Waals surface area (Å²) in [6.07, 6.45) is 2.76. The minimum Gasteiger partial charge on any atom is -0.481 e. The minimum atomic E-state index is -0.837. The molecule has 0 amide bonds. The molecule has 7 heteroatoms. The van der Waals surface area contributed by atoms with E-state index >= 15 is 0 Å². The van der Waals surface area contributed by atoms with Gasteiger partial charge >= 0.3 is 5.97 Å². The summed E-state index contributed by atoms with van der Waals surface area (Å²) in [7, 11) is 0. The molecule has 2 heterocycles. The molecule has 0 radical (unpaired) electrons. The molecule has 112 valence electrons. The van der Waals surface area contributed by atoms with Crippen LogP contribution >= 0.6 is 0 Å². The van der Waals surface area contributed by atoms with Crippen LogP contribution in [0.1, 0.15) is 37.9 Å². The Morgan fingerprint density at radius 1 is 1.55 bits per heavy atom. The first-order chi connectivity index (χ1) is 9.67. The number of aryl methyl sites for hydroxylation is 1. The Balaban J connectivity index is 1.82. The van der Waals surface area contributed by atoms with Crippen molar-refractivity contribution < 1.29 is 19.2 Å². The van der Waals surface area contributed by atoms with Gasteiger partial charge in [0.1, 0.15) is 0 Å². The van der Waals surface area contributed by atoms with Crippen LogP contribution in [0, 0.1) is 0 Å². The fourth-order valence-electron chi connectivity index (χ4n) is 2.22. The standard InChI is InChI=1S/C13H21N3O4/c1-2-3-4-11-14-12(20-15-11)9-16-5-6-19-10(8-16)7-13(17)18/h10H,2-9H2,1H3,(H,17,18). The Labute approximate surface area is 117 Å². The molecule has 20 heavy (non-hydrogen) atoms. The quantitative estimate of drug-likeness (QED) is 0.801. The number of rotatable bonds is 7. The first kappa shape index (κ1) is 14.9. The lowest BCUT2D eigenvalue weighted by Gasteiger charge is -2.31. The monoisotopic (exact) mass is 283 g/mol. The fraction of sp³-hybridized carbons (Fsp3) is 0.769. The van der Waals surface area contributed by atoms with Crippen molar-refractivity contribution in [1.82, 2.24) is 15.0 Å². The van der Waals surface area contributed by atoms with Gasteiger partial charge in [0.25, 0.3) is 0 Å². The van der Waals surface area contributed by atoms with E-state index in [0.29, 0.717) is 25.6 Å². The van der Waals surface area contributed by atoms with Gasteiger partial charge in [-0.2, -0.15) is 4.98 Å².